The lowest BCUT2D eigenvalue weighted by Crippen LogP contribution is -2.44. The molecular weight excluding hydrogens is 301 g/mol. The Morgan fingerprint density at radius 3 is 2.43 bits per heavy atom. The summed E-state index contributed by atoms with van der Waals surface area (Å²) in [6.45, 7) is 3.73. The van der Waals surface area contributed by atoms with Crippen molar-refractivity contribution in [1.82, 2.24) is 5.32 Å². The van der Waals surface area contributed by atoms with Crippen LogP contribution in [0.1, 0.15) is 13.8 Å². The summed E-state index contributed by atoms with van der Waals surface area (Å²) in [6.07, 6.45) is -0.678. The van der Waals surface area contributed by atoms with Crippen LogP contribution in [0.3, 0.4) is 0 Å². The Morgan fingerprint density at radius 1 is 1.50 bits per heavy atom. The largest absolute Gasteiger partial charge is 0.480 e. The highest BCUT2D eigenvalue weighted by Gasteiger charge is 2.23. The number of rotatable bonds is 5. The van der Waals surface area contributed by atoms with E-state index in [4.69, 9.17) is 9.84 Å². The predicted molar refractivity (Wildman–Crippen MR) is 59.6 cm³/mol. The molecule has 0 rings (SSSR count). The number of amides is 1. The Kier molecular flexibility index (Phi) is 6.60. The molecule has 0 aromatic rings. The molecule has 0 spiro atoms. The predicted octanol–water partition coefficient (Wildman–Crippen LogP) is 1.26. The van der Waals surface area contributed by atoms with Crippen LogP contribution in [0.4, 0.5) is 4.79 Å². The number of alkyl halides is 1. The lowest BCUT2D eigenvalue weighted by atomic mass is 10.1. The minimum atomic E-state index is -1.05. The van der Waals surface area contributed by atoms with Crippen molar-refractivity contribution >= 4 is 34.7 Å². The van der Waals surface area contributed by atoms with E-state index in [0.717, 1.165) is 0 Å². The van der Waals surface area contributed by atoms with Crippen LogP contribution in [0, 0.1) is 5.92 Å². The van der Waals surface area contributed by atoms with Gasteiger partial charge in [0.25, 0.3) is 0 Å². The van der Waals surface area contributed by atoms with E-state index in [1.807, 2.05) is 0 Å². The Morgan fingerprint density at radius 2 is 2.07 bits per heavy atom. The quantitative estimate of drug-likeness (QED) is 0.591. The van der Waals surface area contributed by atoms with E-state index in [1.54, 1.807) is 13.8 Å². The number of carbonyl (C=O) groups is 2. The first kappa shape index (κ1) is 13.5. The van der Waals surface area contributed by atoms with Gasteiger partial charge in [-0.15, -0.1) is 0 Å². The van der Waals surface area contributed by atoms with Gasteiger partial charge in [0.15, 0.2) is 0 Å². The molecule has 0 aliphatic heterocycles. The first-order chi connectivity index (χ1) is 6.49. The van der Waals surface area contributed by atoms with E-state index < -0.39 is 18.1 Å². The van der Waals surface area contributed by atoms with Gasteiger partial charge in [-0.25, -0.2) is 9.59 Å². The number of nitrogens with one attached hydrogen (secondary N) is 1. The van der Waals surface area contributed by atoms with Gasteiger partial charge in [0.2, 0.25) is 0 Å². The molecule has 0 radical (unpaired) electrons. The number of hydrogen-bond donors (Lipinski definition) is 2. The van der Waals surface area contributed by atoms with Crippen LogP contribution in [0.2, 0.25) is 0 Å². The van der Waals surface area contributed by atoms with E-state index in [2.05, 4.69) is 27.9 Å². The van der Waals surface area contributed by atoms with E-state index in [0.29, 0.717) is 4.43 Å². The second-order valence-electron chi connectivity index (χ2n) is 3.03. The molecule has 5 nitrogen and oxygen atoms in total. The summed E-state index contributed by atoms with van der Waals surface area (Å²) in [6, 6.07) is -0.892. The minimum absolute atomic E-state index is 0.167. The first-order valence-corrected chi connectivity index (χ1v) is 5.73. The second-order valence-corrected chi connectivity index (χ2v) is 4.11. The van der Waals surface area contributed by atoms with Crippen LogP contribution in [0.15, 0.2) is 0 Å². The molecule has 0 aromatic carbocycles. The normalized spacial score (nSPS) is 12.3. The Bertz CT molecular complexity index is 208. The zero-order valence-electron chi connectivity index (χ0n) is 8.12. The number of hydrogen-bond acceptors (Lipinski definition) is 3. The van der Waals surface area contributed by atoms with Gasteiger partial charge >= 0.3 is 12.1 Å². The molecule has 2 N–H and O–H groups in total. The Labute approximate surface area is 96.3 Å². The second kappa shape index (κ2) is 6.86. The van der Waals surface area contributed by atoms with Gasteiger partial charge in [0, 0.05) is 4.43 Å². The summed E-state index contributed by atoms with van der Waals surface area (Å²) >= 11 is 2.06. The third-order valence-corrected chi connectivity index (χ3v) is 1.96. The smallest absolute Gasteiger partial charge is 0.407 e. The number of carboxylic acids is 1. The highest BCUT2D eigenvalue weighted by atomic mass is 127. The van der Waals surface area contributed by atoms with Crippen molar-refractivity contribution in [3.05, 3.63) is 0 Å². The molecule has 0 aliphatic rings. The van der Waals surface area contributed by atoms with Crippen molar-refractivity contribution in [2.45, 2.75) is 19.9 Å². The third-order valence-electron chi connectivity index (χ3n) is 1.52. The lowest BCUT2D eigenvalue weighted by molar-refractivity contribution is -0.140. The average Bonchev–Trinajstić information content (AvgIpc) is 2.09. The molecule has 0 aromatic heterocycles. The number of halogens is 1. The Hall–Kier alpha value is -0.530. The van der Waals surface area contributed by atoms with Crippen molar-refractivity contribution in [2.24, 2.45) is 5.92 Å². The molecule has 0 unspecified atom stereocenters. The van der Waals surface area contributed by atoms with Crippen molar-refractivity contribution in [2.75, 3.05) is 11.0 Å². The monoisotopic (exact) mass is 315 g/mol. The average molecular weight is 315 g/mol. The molecule has 0 heterocycles. The summed E-state index contributed by atoms with van der Waals surface area (Å²) in [5.74, 6) is -1.22. The minimum Gasteiger partial charge on any atom is -0.480 e. The summed E-state index contributed by atoms with van der Waals surface area (Å²) in [5.41, 5.74) is 0. The van der Waals surface area contributed by atoms with Gasteiger partial charge in [-0.05, 0) is 5.92 Å². The number of alkyl carbamates (subject to hydrolysis) is 1. The SMILES string of the molecule is CC(C)[C@H](NC(=O)OCCI)C(=O)O. The maximum atomic E-state index is 11.0. The topological polar surface area (TPSA) is 75.6 Å². The van der Waals surface area contributed by atoms with E-state index >= 15 is 0 Å². The van der Waals surface area contributed by atoms with Crippen molar-refractivity contribution in [1.29, 1.82) is 0 Å². The fraction of sp³-hybridized carbons (Fsp3) is 0.750. The van der Waals surface area contributed by atoms with E-state index in [1.165, 1.54) is 0 Å². The molecule has 1 amide bonds. The van der Waals surface area contributed by atoms with E-state index in [9.17, 15) is 9.59 Å². The maximum absolute atomic E-state index is 11.0. The lowest BCUT2D eigenvalue weighted by Gasteiger charge is -2.17. The summed E-state index contributed by atoms with van der Waals surface area (Å²) in [4.78, 5) is 21.7. The molecule has 0 bridgehead atoms. The van der Waals surface area contributed by atoms with Crippen molar-refractivity contribution < 1.29 is 19.4 Å². The van der Waals surface area contributed by atoms with Gasteiger partial charge in [-0.1, -0.05) is 36.4 Å². The fourth-order valence-electron chi connectivity index (χ4n) is 0.813. The summed E-state index contributed by atoms with van der Waals surface area (Å²) in [7, 11) is 0. The number of carboxylic acid groups (broad SMARTS) is 1. The highest BCUT2D eigenvalue weighted by molar-refractivity contribution is 14.1. The van der Waals surface area contributed by atoms with Gasteiger partial charge in [-0.3, -0.25) is 0 Å². The molecule has 0 saturated carbocycles. The summed E-state index contributed by atoms with van der Waals surface area (Å²) < 4.78 is 5.39. The fourth-order valence-corrected chi connectivity index (χ4v) is 1.03. The molecule has 0 fully saturated rings. The maximum Gasteiger partial charge on any atom is 0.407 e. The van der Waals surface area contributed by atoms with Crippen LogP contribution in [-0.4, -0.2) is 34.2 Å². The molecule has 6 heteroatoms. The number of carbonyl (C=O) groups excluding carboxylic acids is 1. The van der Waals surface area contributed by atoms with E-state index in [-0.39, 0.29) is 12.5 Å². The van der Waals surface area contributed by atoms with Gasteiger partial charge in [-0.2, -0.15) is 0 Å². The zero-order valence-corrected chi connectivity index (χ0v) is 10.3. The van der Waals surface area contributed by atoms with Crippen LogP contribution in [0.5, 0.6) is 0 Å². The van der Waals surface area contributed by atoms with Gasteiger partial charge < -0.3 is 15.2 Å². The van der Waals surface area contributed by atoms with Crippen LogP contribution < -0.4 is 5.32 Å². The molecule has 14 heavy (non-hydrogen) atoms. The third kappa shape index (κ3) is 5.25. The number of ether oxygens (including phenoxy) is 1. The molecule has 0 saturated heterocycles. The molecular formula is C8H14INO4. The van der Waals surface area contributed by atoms with Gasteiger partial charge in [0.1, 0.15) is 12.6 Å². The van der Waals surface area contributed by atoms with Crippen LogP contribution in [0.25, 0.3) is 0 Å². The first-order valence-electron chi connectivity index (χ1n) is 4.21. The van der Waals surface area contributed by atoms with Crippen molar-refractivity contribution in [3.63, 3.8) is 0 Å². The van der Waals surface area contributed by atoms with Crippen LogP contribution >= 0.6 is 22.6 Å². The number of aliphatic carboxylic acids is 1. The molecule has 82 valence electrons. The zero-order chi connectivity index (χ0) is 11.1. The molecule has 1 atom stereocenters. The van der Waals surface area contributed by atoms with Gasteiger partial charge in [0.05, 0.1) is 0 Å². The molecule has 0 aliphatic carbocycles. The Balaban J connectivity index is 4.04. The van der Waals surface area contributed by atoms with Crippen LogP contribution in [-0.2, 0) is 9.53 Å². The summed E-state index contributed by atoms with van der Waals surface area (Å²) in [5, 5.41) is 11.0. The standard InChI is InChI=1S/C8H14INO4/c1-5(2)6(7(11)12)10-8(13)14-4-3-9/h5-6H,3-4H2,1-2H3,(H,10,13)(H,11,12)/t6-/m0/s1. The highest BCUT2D eigenvalue weighted by Crippen LogP contribution is 2.01. The van der Waals surface area contributed by atoms with Crippen molar-refractivity contribution in [3.8, 4) is 0 Å².